The minimum Gasteiger partial charge on any atom is -0.198 e. The van der Waals surface area contributed by atoms with Crippen LogP contribution in [0.4, 0.5) is 0 Å². The van der Waals surface area contributed by atoms with E-state index in [9.17, 15) is 0 Å². The number of aryl methyl sites for hydroxylation is 6. The lowest BCUT2D eigenvalue weighted by Gasteiger charge is -2.28. The van der Waals surface area contributed by atoms with Crippen molar-refractivity contribution in [3.63, 3.8) is 0 Å². The van der Waals surface area contributed by atoms with Crippen LogP contribution in [0.3, 0.4) is 0 Å². The summed E-state index contributed by atoms with van der Waals surface area (Å²) in [7, 11) is 0. The molecule has 0 radical (unpaired) electrons. The third-order valence-corrected chi connectivity index (χ3v) is 7.30. The zero-order chi connectivity index (χ0) is 22.6. The minimum atomic E-state index is 0.553. The Bertz CT molecular complexity index is 1100. The Morgan fingerprint density at radius 1 is 0.806 bits per heavy atom. The molecular weight excluding hydrogens is 376 g/mol. The summed E-state index contributed by atoms with van der Waals surface area (Å²) in [6, 6.07) is 9.32. The van der Waals surface area contributed by atoms with Crippen molar-refractivity contribution < 1.29 is 4.57 Å². The minimum absolute atomic E-state index is 0.553. The van der Waals surface area contributed by atoms with Crippen molar-refractivity contribution in [3.05, 3.63) is 75.4 Å². The predicted molar refractivity (Wildman–Crippen MR) is 131 cm³/mol. The van der Waals surface area contributed by atoms with Crippen molar-refractivity contribution in [2.24, 2.45) is 5.92 Å². The van der Waals surface area contributed by atoms with Gasteiger partial charge in [-0.2, -0.15) is 9.13 Å². The Kier molecular flexibility index (Phi) is 5.62. The SMILES string of the molecule is Cc1cc(C)c(-n2c[n+](-c3c(C)cc(C)cc3C)c3c2[C@H](C(C)C)CC[C@H]3C)c(C)c1. The van der Waals surface area contributed by atoms with Crippen LogP contribution in [0.5, 0.6) is 0 Å². The van der Waals surface area contributed by atoms with E-state index in [1.165, 1.54) is 69.0 Å². The van der Waals surface area contributed by atoms with Crippen LogP contribution >= 0.6 is 0 Å². The standard InChI is InChI=1S/C29H39N2/c1-17(2)25-11-10-20(5)28-29(25)31(27-23(8)14-19(4)15-24(27)9)16-30(28)26-21(6)12-18(3)13-22(26)7/h12-17,20,25H,10-11H2,1-9H3/q+1/t20-,25+/m1/s1. The maximum Gasteiger partial charge on any atom is 0.254 e. The van der Waals surface area contributed by atoms with E-state index in [2.05, 4.69) is 102 Å². The molecule has 31 heavy (non-hydrogen) atoms. The molecule has 1 aromatic heterocycles. The number of benzene rings is 2. The van der Waals surface area contributed by atoms with E-state index in [0.29, 0.717) is 17.8 Å². The van der Waals surface area contributed by atoms with Gasteiger partial charge in [0, 0.05) is 11.8 Å². The van der Waals surface area contributed by atoms with Crippen LogP contribution in [0.25, 0.3) is 11.4 Å². The topological polar surface area (TPSA) is 8.81 Å². The number of imidazole rings is 1. The second-order valence-electron chi connectivity index (χ2n) is 10.4. The van der Waals surface area contributed by atoms with Crippen LogP contribution in [0.1, 0.15) is 90.2 Å². The fourth-order valence-electron chi connectivity index (χ4n) is 6.16. The van der Waals surface area contributed by atoms with Gasteiger partial charge in [-0.3, -0.25) is 0 Å². The molecule has 0 spiro atoms. The molecule has 0 saturated heterocycles. The molecule has 2 aromatic carbocycles. The van der Waals surface area contributed by atoms with E-state index < -0.39 is 0 Å². The molecule has 1 heterocycles. The van der Waals surface area contributed by atoms with Crippen molar-refractivity contribution in [1.29, 1.82) is 0 Å². The van der Waals surface area contributed by atoms with Gasteiger partial charge in [0.15, 0.2) is 11.4 Å². The third kappa shape index (κ3) is 3.64. The summed E-state index contributed by atoms with van der Waals surface area (Å²) in [5.74, 6) is 1.76. The zero-order valence-electron chi connectivity index (χ0n) is 20.9. The van der Waals surface area contributed by atoms with Crippen LogP contribution in [0.2, 0.25) is 0 Å². The molecule has 1 aliphatic rings. The quantitative estimate of drug-likeness (QED) is 0.399. The lowest BCUT2D eigenvalue weighted by Crippen LogP contribution is -2.38. The summed E-state index contributed by atoms with van der Waals surface area (Å²) in [5.41, 5.74) is 13.9. The average molecular weight is 416 g/mol. The summed E-state index contributed by atoms with van der Waals surface area (Å²) in [4.78, 5) is 0. The monoisotopic (exact) mass is 415 g/mol. The highest BCUT2D eigenvalue weighted by molar-refractivity contribution is 5.52. The Morgan fingerprint density at radius 3 is 1.84 bits per heavy atom. The van der Waals surface area contributed by atoms with Gasteiger partial charge >= 0.3 is 0 Å². The van der Waals surface area contributed by atoms with Crippen LogP contribution in [-0.4, -0.2) is 4.57 Å². The molecule has 0 N–H and O–H groups in total. The lowest BCUT2D eigenvalue weighted by molar-refractivity contribution is -0.606. The van der Waals surface area contributed by atoms with Gasteiger partial charge < -0.3 is 0 Å². The molecule has 1 aliphatic carbocycles. The van der Waals surface area contributed by atoms with Crippen molar-refractivity contribution >= 4 is 0 Å². The molecular formula is C29H39N2+. The van der Waals surface area contributed by atoms with Gasteiger partial charge in [-0.1, -0.05) is 56.2 Å². The summed E-state index contributed by atoms with van der Waals surface area (Å²) < 4.78 is 5.09. The molecule has 2 atom stereocenters. The Morgan fingerprint density at radius 2 is 1.32 bits per heavy atom. The fourth-order valence-corrected chi connectivity index (χ4v) is 6.16. The van der Waals surface area contributed by atoms with E-state index >= 15 is 0 Å². The highest BCUT2D eigenvalue weighted by atomic mass is 15.2. The number of rotatable bonds is 3. The van der Waals surface area contributed by atoms with Gasteiger partial charge in [0.2, 0.25) is 0 Å². The lowest BCUT2D eigenvalue weighted by atomic mass is 9.77. The molecule has 0 unspecified atom stereocenters. The first-order valence-electron chi connectivity index (χ1n) is 11.9. The van der Waals surface area contributed by atoms with Gasteiger partial charge in [-0.15, -0.1) is 0 Å². The molecule has 2 heteroatoms. The van der Waals surface area contributed by atoms with Crippen molar-refractivity contribution in [2.45, 2.75) is 87.0 Å². The third-order valence-electron chi connectivity index (χ3n) is 7.30. The fraction of sp³-hybridized carbons (Fsp3) is 0.483. The smallest absolute Gasteiger partial charge is 0.198 e. The van der Waals surface area contributed by atoms with Gasteiger partial charge in [-0.25, -0.2) is 0 Å². The first kappa shape index (κ1) is 21.9. The number of aromatic nitrogens is 2. The maximum absolute atomic E-state index is 2.55. The number of hydrogen-bond acceptors (Lipinski definition) is 0. The molecule has 4 rings (SSSR count). The number of fused-ring (bicyclic) bond motifs is 1. The summed E-state index contributed by atoms with van der Waals surface area (Å²) in [6.45, 7) is 20.7. The van der Waals surface area contributed by atoms with Crippen molar-refractivity contribution in [3.8, 4) is 11.4 Å². The first-order valence-corrected chi connectivity index (χ1v) is 11.9. The predicted octanol–water partition coefficient (Wildman–Crippen LogP) is 7.24. The largest absolute Gasteiger partial charge is 0.254 e. The highest BCUT2D eigenvalue weighted by Crippen LogP contribution is 2.43. The van der Waals surface area contributed by atoms with Crippen LogP contribution in [0.15, 0.2) is 30.6 Å². The molecule has 0 amide bonds. The first-order chi connectivity index (χ1) is 14.6. The van der Waals surface area contributed by atoms with E-state index in [1.54, 1.807) is 0 Å². The molecule has 0 fully saturated rings. The van der Waals surface area contributed by atoms with E-state index in [1.807, 2.05) is 0 Å². The average Bonchev–Trinajstić information content (AvgIpc) is 3.00. The van der Waals surface area contributed by atoms with Gasteiger partial charge in [0.1, 0.15) is 11.4 Å². The van der Waals surface area contributed by atoms with E-state index in [4.69, 9.17) is 0 Å². The Balaban J connectivity index is 2.10. The summed E-state index contributed by atoms with van der Waals surface area (Å²) in [5, 5.41) is 0. The molecule has 164 valence electrons. The summed E-state index contributed by atoms with van der Waals surface area (Å²) in [6.07, 6.45) is 4.93. The van der Waals surface area contributed by atoms with Gasteiger partial charge in [-0.05, 0) is 82.6 Å². The van der Waals surface area contributed by atoms with Gasteiger partial charge in [0.25, 0.3) is 6.33 Å². The van der Waals surface area contributed by atoms with Crippen LogP contribution in [-0.2, 0) is 0 Å². The van der Waals surface area contributed by atoms with Crippen molar-refractivity contribution in [2.75, 3.05) is 0 Å². The second kappa shape index (κ2) is 7.97. The van der Waals surface area contributed by atoms with Crippen molar-refractivity contribution in [1.82, 2.24) is 4.57 Å². The highest BCUT2D eigenvalue weighted by Gasteiger charge is 2.40. The molecule has 2 nitrogen and oxygen atoms in total. The maximum atomic E-state index is 2.55. The summed E-state index contributed by atoms with van der Waals surface area (Å²) >= 11 is 0. The van der Waals surface area contributed by atoms with E-state index in [-0.39, 0.29) is 0 Å². The number of hydrogen-bond donors (Lipinski definition) is 0. The zero-order valence-corrected chi connectivity index (χ0v) is 20.9. The normalized spacial score (nSPS) is 18.5. The van der Waals surface area contributed by atoms with Gasteiger partial charge in [0.05, 0.1) is 0 Å². The second-order valence-corrected chi connectivity index (χ2v) is 10.4. The Labute approximate surface area is 188 Å². The van der Waals surface area contributed by atoms with Crippen LogP contribution < -0.4 is 4.57 Å². The molecule has 3 aromatic rings. The van der Waals surface area contributed by atoms with E-state index in [0.717, 1.165) is 0 Å². The molecule has 0 saturated carbocycles. The molecule has 0 aliphatic heterocycles. The van der Waals surface area contributed by atoms with Crippen LogP contribution in [0, 0.1) is 47.5 Å². The number of nitrogens with zero attached hydrogens (tertiary/aromatic N) is 2. The molecule has 0 bridgehead atoms. The Hall–Kier alpha value is -2.35.